The third kappa shape index (κ3) is 4.06. The lowest BCUT2D eigenvalue weighted by molar-refractivity contribution is 0.102. The Morgan fingerprint density at radius 2 is 1.44 bits per heavy atom. The molecule has 0 aliphatic carbocycles. The largest absolute Gasteiger partial charge is 0.508 e. The molecule has 0 fully saturated rings. The minimum absolute atomic E-state index is 0.355. The van der Waals surface area contributed by atoms with Crippen LogP contribution in [0.25, 0.3) is 0 Å². The molecule has 0 spiro atoms. The van der Waals surface area contributed by atoms with Gasteiger partial charge in [-0.1, -0.05) is 12.1 Å². The Morgan fingerprint density at radius 1 is 0.880 bits per heavy atom. The quantitative estimate of drug-likeness (QED) is 0.374. The third-order valence-electron chi connectivity index (χ3n) is 3.00. The van der Waals surface area contributed by atoms with Crippen LogP contribution >= 0.6 is 0 Å². The lowest BCUT2D eigenvalue weighted by atomic mass is 10.1. The number of hydrogen-bond donors (Lipinski definition) is 5. The highest BCUT2D eigenvalue weighted by Gasteiger charge is 2.25. The van der Waals surface area contributed by atoms with E-state index in [1.165, 1.54) is 12.1 Å². The zero-order chi connectivity index (χ0) is 19.0. The van der Waals surface area contributed by atoms with Crippen molar-refractivity contribution in [2.45, 2.75) is 9.79 Å². The number of rotatable bonds is 4. The molecule has 0 radical (unpaired) electrons. The van der Waals surface area contributed by atoms with Crippen molar-refractivity contribution in [3.63, 3.8) is 0 Å². The van der Waals surface area contributed by atoms with E-state index >= 15 is 0 Å². The van der Waals surface area contributed by atoms with E-state index in [9.17, 15) is 31.8 Å². The second-order valence-electron chi connectivity index (χ2n) is 4.74. The first kappa shape index (κ1) is 18.7. The standard InChI is InChI=1S/C13H11NO9S2/c15-7-5-8(12(16)11(6-7)25(21,22)23)13(17)14-9-3-1-2-4-10(9)24(18,19)20/h1-6,15-16H,(H,14,17)(H,18,19,20)(H,21,22,23). The van der Waals surface area contributed by atoms with E-state index in [0.29, 0.717) is 12.1 Å². The van der Waals surface area contributed by atoms with Gasteiger partial charge in [0.15, 0.2) is 0 Å². The molecular weight excluding hydrogens is 378 g/mol. The van der Waals surface area contributed by atoms with Crippen LogP contribution in [0.3, 0.4) is 0 Å². The second kappa shape index (κ2) is 6.33. The van der Waals surface area contributed by atoms with Crippen molar-refractivity contribution in [3.05, 3.63) is 42.0 Å². The molecule has 10 nitrogen and oxygen atoms in total. The van der Waals surface area contributed by atoms with Crippen LogP contribution in [0.5, 0.6) is 11.5 Å². The van der Waals surface area contributed by atoms with Gasteiger partial charge in [0.2, 0.25) is 0 Å². The van der Waals surface area contributed by atoms with Crippen molar-refractivity contribution in [2.24, 2.45) is 0 Å². The van der Waals surface area contributed by atoms with Gasteiger partial charge in [-0.3, -0.25) is 13.9 Å². The summed E-state index contributed by atoms with van der Waals surface area (Å²) in [5.74, 6) is -3.10. The molecule has 0 saturated heterocycles. The Bertz CT molecular complexity index is 1060. The molecular formula is C13H11NO9S2. The van der Waals surface area contributed by atoms with Gasteiger partial charge in [0.25, 0.3) is 26.1 Å². The number of para-hydroxylation sites is 1. The molecule has 0 aliphatic rings. The van der Waals surface area contributed by atoms with Crippen molar-refractivity contribution in [1.29, 1.82) is 0 Å². The lowest BCUT2D eigenvalue weighted by Gasteiger charge is -2.11. The van der Waals surface area contributed by atoms with Gasteiger partial charge in [-0.05, 0) is 18.2 Å². The maximum atomic E-state index is 12.2. The summed E-state index contributed by atoms with van der Waals surface area (Å²) in [6.07, 6.45) is 0. The number of carbonyl (C=O) groups excluding carboxylic acids is 1. The Kier molecular flexibility index (Phi) is 4.72. The fourth-order valence-corrected chi connectivity index (χ4v) is 3.22. The zero-order valence-electron chi connectivity index (χ0n) is 12.1. The average Bonchev–Trinajstić information content (AvgIpc) is 2.47. The maximum Gasteiger partial charge on any atom is 0.298 e. The number of phenolic OH excluding ortho intramolecular Hbond substituents is 2. The van der Waals surface area contributed by atoms with Crippen LogP contribution in [0.1, 0.15) is 10.4 Å². The summed E-state index contributed by atoms with van der Waals surface area (Å²) >= 11 is 0. The molecule has 25 heavy (non-hydrogen) atoms. The van der Waals surface area contributed by atoms with E-state index in [2.05, 4.69) is 5.32 Å². The van der Waals surface area contributed by atoms with Gasteiger partial charge >= 0.3 is 0 Å². The molecule has 5 N–H and O–H groups in total. The number of nitrogens with one attached hydrogen (secondary N) is 1. The summed E-state index contributed by atoms with van der Waals surface area (Å²) in [6.45, 7) is 0. The lowest BCUT2D eigenvalue weighted by Crippen LogP contribution is -2.15. The molecule has 0 aromatic heterocycles. The molecule has 2 aromatic rings. The smallest absolute Gasteiger partial charge is 0.298 e. The van der Waals surface area contributed by atoms with Crippen LogP contribution in [-0.4, -0.2) is 42.1 Å². The van der Waals surface area contributed by atoms with Crippen LogP contribution in [-0.2, 0) is 20.2 Å². The van der Waals surface area contributed by atoms with Crippen molar-refractivity contribution in [1.82, 2.24) is 0 Å². The van der Waals surface area contributed by atoms with Gasteiger partial charge < -0.3 is 15.5 Å². The van der Waals surface area contributed by atoms with E-state index < -0.39 is 53.0 Å². The van der Waals surface area contributed by atoms with Crippen LogP contribution in [0.2, 0.25) is 0 Å². The number of benzene rings is 2. The minimum atomic E-state index is -4.94. The van der Waals surface area contributed by atoms with Gasteiger partial charge in [-0.15, -0.1) is 0 Å². The first-order valence-electron chi connectivity index (χ1n) is 6.32. The molecule has 2 aromatic carbocycles. The molecule has 2 rings (SSSR count). The number of phenols is 2. The predicted octanol–water partition coefficient (Wildman–Crippen LogP) is 0.844. The Morgan fingerprint density at radius 3 is 2.00 bits per heavy atom. The topological polar surface area (TPSA) is 178 Å². The van der Waals surface area contributed by atoms with E-state index in [1.807, 2.05) is 0 Å². The number of anilines is 1. The Balaban J connectivity index is 2.53. The summed E-state index contributed by atoms with van der Waals surface area (Å²) in [5.41, 5.74) is -1.11. The summed E-state index contributed by atoms with van der Waals surface area (Å²) in [5, 5.41) is 21.4. The summed E-state index contributed by atoms with van der Waals surface area (Å²) in [6, 6.07) is 5.97. The van der Waals surface area contributed by atoms with Crippen molar-refractivity contribution in [2.75, 3.05) is 5.32 Å². The maximum absolute atomic E-state index is 12.2. The highest BCUT2D eigenvalue weighted by molar-refractivity contribution is 7.86. The Hall–Kier alpha value is -2.67. The second-order valence-corrected chi connectivity index (χ2v) is 7.52. The monoisotopic (exact) mass is 389 g/mol. The van der Waals surface area contributed by atoms with Crippen LogP contribution < -0.4 is 5.32 Å². The fraction of sp³-hybridized carbons (Fsp3) is 0. The van der Waals surface area contributed by atoms with Gasteiger partial charge in [0, 0.05) is 6.07 Å². The number of amides is 1. The van der Waals surface area contributed by atoms with Crippen molar-refractivity contribution >= 4 is 31.8 Å². The van der Waals surface area contributed by atoms with Crippen molar-refractivity contribution in [3.8, 4) is 11.5 Å². The first-order valence-corrected chi connectivity index (χ1v) is 9.20. The third-order valence-corrected chi connectivity index (χ3v) is 4.77. The average molecular weight is 389 g/mol. The van der Waals surface area contributed by atoms with Crippen LogP contribution in [0.15, 0.2) is 46.2 Å². The normalized spacial score (nSPS) is 11.9. The zero-order valence-corrected chi connectivity index (χ0v) is 13.7. The van der Waals surface area contributed by atoms with Crippen LogP contribution in [0.4, 0.5) is 5.69 Å². The van der Waals surface area contributed by atoms with Gasteiger partial charge in [0.05, 0.1) is 11.3 Å². The minimum Gasteiger partial charge on any atom is -0.508 e. The molecule has 0 atom stereocenters. The summed E-state index contributed by atoms with van der Waals surface area (Å²) < 4.78 is 63.0. The molecule has 0 heterocycles. The number of carbonyl (C=O) groups is 1. The van der Waals surface area contributed by atoms with E-state index in [0.717, 1.165) is 12.1 Å². The molecule has 1 amide bonds. The van der Waals surface area contributed by atoms with E-state index in [-0.39, 0.29) is 5.69 Å². The molecule has 0 unspecified atom stereocenters. The number of hydrogen-bond acceptors (Lipinski definition) is 7. The number of aromatic hydroxyl groups is 2. The van der Waals surface area contributed by atoms with E-state index in [4.69, 9.17) is 9.11 Å². The summed E-state index contributed by atoms with van der Waals surface area (Å²) in [4.78, 5) is 10.5. The molecule has 0 bridgehead atoms. The van der Waals surface area contributed by atoms with Gasteiger partial charge in [-0.25, -0.2) is 0 Å². The molecule has 0 aliphatic heterocycles. The first-order chi connectivity index (χ1) is 11.4. The highest BCUT2D eigenvalue weighted by Crippen LogP contribution is 2.32. The SMILES string of the molecule is O=C(Nc1ccccc1S(=O)(=O)O)c1cc(O)cc(S(=O)(=O)O)c1O. The predicted molar refractivity (Wildman–Crippen MR) is 83.8 cm³/mol. The molecule has 0 saturated carbocycles. The molecule has 134 valence electrons. The Labute approximate surface area is 141 Å². The molecule has 12 heteroatoms. The fourth-order valence-electron chi connectivity index (χ4n) is 1.95. The van der Waals surface area contributed by atoms with Gasteiger partial charge in [0.1, 0.15) is 21.3 Å². The van der Waals surface area contributed by atoms with Crippen LogP contribution in [0, 0.1) is 0 Å². The van der Waals surface area contributed by atoms with Gasteiger partial charge in [-0.2, -0.15) is 16.8 Å². The van der Waals surface area contributed by atoms with Crippen molar-refractivity contribution < 1.29 is 40.9 Å². The summed E-state index contributed by atoms with van der Waals surface area (Å²) in [7, 11) is -9.62. The highest BCUT2D eigenvalue weighted by atomic mass is 32.2. The van der Waals surface area contributed by atoms with E-state index in [1.54, 1.807) is 0 Å².